The first-order valence-corrected chi connectivity index (χ1v) is 27.9. The number of ketones is 1. The number of piperidine rings is 1. The van der Waals surface area contributed by atoms with Crippen LogP contribution in [0.15, 0.2) is 82.7 Å². The standard InChI is InChI=1S/C59H88N6O12/c1-11-42-31-39(8)59(63-54(42)71)38(7)30-37(6)50(77-59)33-48(68)35(4)20-14-12-15-21-36(5)49-25-17-13-16-24-47(67)41(10)53(70)44(28-27-40(9)66)55(72)62-52(34(2)3)56(73)61-46(32-43-22-18-26-51(69)60-43)57(74)65-29-19-23-45(64-65)58(75)76-49/h12-13,15-18,21-22,24,26,30,34-35,37,39,41-42,44-50,52-53,64,67-68,70H,11,14,19-20,23,25,27-29,31-33H2,1-10H3,(H,60,69)(H,61,73)(H,62,72)(H,63,71). The fourth-order valence-corrected chi connectivity index (χ4v) is 10.8. The summed E-state index contributed by atoms with van der Waals surface area (Å²) in [5.74, 6) is -5.42. The first-order chi connectivity index (χ1) is 36.5. The number of ether oxygens (including phenoxy) is 2. The average Bonchev–Trinajstić information content (AvgIpc) is 3.38. The molecule has 15 atom stereocenters. The number of aromatic amines is 1. The van der Waals surface area contributed by atoms with Crippen molar-refractivity contribution in [2.75, 3.05) is 6.54 Å². The van der Waals surface area contributed by atoms with E-state index < -0.39 is 95.3 Å². The van der Waals surface area contributed by atoms with E-state index in [9.17, 15) is 48.9 Å². The van der Waals surface area contributed by atoms with Gasteiger partial charge in [0.2, 0.25) is 23.3 Å². The molecule has 77 heavy (non-hydrogen) atoms. The SMILES string of the molecule is CCC1CC(C)C2(NC1=O)OC(CC(O)C(C)CCC=CC=C(C)C1CC=CC=CC(O)C(C)C(O)C(CCC(C)=O)C(=O)NC(C(C)C)C(=O)NC(Cc3cccc(=O)[nH]3)C(=O)N3CCCC(N3)C(=O)O1)C(C)C=C2C. The molecule has 0 saturated carbocycles. The van der Waals surface area contributed by atoms with Crippen molar-refractivity contribution in [2.45, 2.75) is 194 Å². The quantitative estimate of drug-likeness (QED) is 0.0628. The van der Waals surface area contributed by atoms with Crippen LogP contribution in [0.2, 0.25) is 0 Å². The van der Waals surface area contributed by atoms with Gasteiger partial charge in [0, 0.05) is 67.7 Å². The number of aromatic nitrogens is 1. The van der Waals surface area contributed by atoms with E-state index in [2.05, 4.69) is 46.3 Å². The largest absolute Gasteiger partial charge is 0.456 e. The number of H-pyrrole nitrogens is 1. The number of fused-ring (bicyclic) bond motifs is 2. The highest BCUT2D eigenvalue weighted by atomic mass is 16.5. The van der Waals surface area contributed by atoms with Crippen LogP contribution in [0.25, 0.3) is 0 Å². The molecule has 1 spiro atoms. The van der Waals surface area contributed by atoms with Gasteiger partial charge in [0.1, 0.15) is 30.0 Å². The molecule has 0 aromatic carbocycles. The molecule has 18 heteroatoms. The minimum absolute atomic E-state index is 0.00617. The maximum Gasteiger partial charge on any atom is 0.325 e. The van der Waals surface area contributed by atoms with Crippen LogP contribution in [0.3, 0.4) is 0 Å². The number of aliphatic hydroxyl groups is 3. The maximum atomic E-state index is 14.5. The molecule has 8 N–H and O–H groups in total. The molecule has 2 saturated heterocycles. The third-order valence-electron chi connectivity index (χ3n) is 16.1. The summed E-state index contributed by atoms with van der Waals surface area (Å²) in [7, 11) is 0. The van der Waals surface area contributed by atoms with Crippen LogP contribution in [0.5, 0.6) is 0 Å². The van der Waals surface area contributed by atoms with Crippen molar-refractivity contribution < 1.29 is 53.6 Å². The third kappa shape index (κ3) is 17.0. The van der Waals surface area contributed by atoms with E-state index in [0.29, 0.717) is 37.8 Å². The van der Waals surface area contributed by atoms with E-state index in [0.717, 1.165) is 24.0 Å². The van der Waals surface area contributed by atoms with E-state index in [1.165, 1.54) is 30.1 Å². The van der Waals surface area contributed by atoms with Crippen LogP contribution >= 0.6 is 0 Å². The van der Waals surface area contributed by atoms with Crippen molar-refractivity contribution in [1.29, 1.82) is 0 Å². The topological polar surface area (TPSA) is 266 Å². The summed E-state index contributed by atoms with van der Waals surface area (Å²) in [6.07, 6.45) is 14.1. The van der Waals surface area contributed by atoms with Crippen molar-refractivity contribution in [2.24, 2.45) is 41.4 Å². The number of Topliss-reactive ketones (excluding diaryl/α,β-unsaturated/α-hetero) is 1. The molecule has 5 heterocycles. The van der Waals surface area contributed by atoms with Gasteiger partial charge in [0.25, 0.3) is 5.91 Å². The summed E-state index contributed by atoms with van der Waals surface area (Å²) in [4.78, 5) is 97.1. The molecule has 1 aromatic heterocycles. The zero-order valence-corrected chi connectivity index (χ0v) is 47.0. The van der Waals surface area contributed by atoms with Gasteiger partial charge in [-0.2, -0.15) is 0 Å². The zero-order valence-electron chi connectivity index (χ0n) is 47.0. The predicted octanol–water partition coefficient (Wildman–Crippen LogP) is 5.34. The van der Waals surface area contributed by atoms with Crippen LogP contribution in [-0.4, -0.2) is 122 Å². The van der Waals surface area contributed by atoms with Crippen molar-refractivity contribution >= 4 is 35.4 Å². The van der Waals surface area contributed by atoms with Crippen LogP contribution < -0.4 is 26.9 Å². The van der Waals surface area contributed by atoms with E-state index in [-0.39, 0.29) is 73.7 Å². The van der Waals surface area contributed by atoms with Gasteiger partial charge in [-0.05, 0) is 94.8 Å². The summed E-state index contributed by atoms with van der Waals surface area (Å²) in [6.45, 7) is 18.6. The van der Waals surface area contributed by atoms with Crippen molar-refractivity contribution in [1.82, 2.24) is 31.4 Å². The summed E-state index contributed by atoms with van der Waals surface area (Å²) in [5.41, 5.74) is 3.80. The molecule has 2 bridgehead atoms. The number of aliphatic hydroxyl groups excluding tert-OH is 3. The van der Waals surface area contributed by atoms with Crippen LogP contribution in [0.1, 0.15) is 139 Å². The zero-order chi connectivity index (χ0) is 56.7. The molecule has 4 amide bonds. The number of nitrogens with zero attached hydrogens (tertiary/aromatic N) is 1. The number of pyridine rings is 1. The molecule has 5 rings (SSSR count). The number of nitrogens with one attached hydrogen (secondary N) is 5. The Morgan fingerprint density at radius 3 is 2.42 bits per heavy atom. The molecule has 18 nitrogen and oxygen atoms in total. The molecule has 1 aromatic rings. The fraction of sp³-hybridized carbons (Fsp3) is 0.644. The Labute approximate surface area is 455 Å². The number of carbonyl (C=O) groups is 6. The first kappa shape index (κ1) is 62.3. The number of hydrogen-bond donors (Lipinski definition) is 8. The second kappa shape index (κ2) is 28.9. The van der Waals surface area contributed by atoms with Crippen molar-refractivity contribution in [3.63, 3.8) is 0 Å². The van der Waals surface area contributed by atoms with Crippen molar-refractivity contribution in [3.05, 3.63) is 94.0 Å². The van der Waals surface area contributed by atoms with Gasteiger partial charge in [-0.15, -0.1) is 0 Å². The van der Waals surface area contributed by atoms with E-state index >= 15 is 0 Å². The van der Waals surface area contributed by atoms with Crippen molar-refractivity contribution in [3.8, 4) is 0 Å². The highest BCUT2D eigenvalue weighted by Crippen LogP contribution is 2.43. The Morgan fingerprint density at radius 1 is 0.987 bits per heavy atom. The molecule has 0 radical (unpaired) electrons. The minimum Gasteiger partial charge on any atom is -0.456 e. The molecule has 2 fully saturated rings. The van der Waals surface area contributed by atoms with Gasteiger partial charge in [-0.25, -0.2) is 5.43 Å². The Kier molecular flexibility index (Phi) is 23.4. The van der Waals surface area contributed by atoms with Gasteiger partial charge in [-0.1, -0.05) is 103 Å². The number of cyclic esters (lactones) is 1. The van der Waals surface area contributed by atoms with E-state index in [1.54, 1.807) is 45.1 Å². The fourth-order valence-electron chi connectivity index (χ4n) is 10.8. The van der Waals surface area contributed by atoms with Gasteiger partial charge < -0.3 is 50.5 Å². The Morgan fingerprint density at radius 2 is 1.73 bits per heavy atom. The molecule has 426 valence electrons. The van der Waals surface area contributed by atoms with Gasteiger partial charge in [0.15, 0.2) is 5.72 Å². The lowest BCUT2D eigenvalue weighted by Gasteiger charge is -2.51. The van der Waals surface area contributed by atoms with E-state index in [4.69, 9.17) is 9.47 Å². The number of rotatable bonds is 15. The molecular weight excluding hydrogens is 985 g/mol. The monoisotopic (exact) mass is 1070 g/mol. The highest BCUT2D eigenvalue weighted by molar-refractivity contribution is 5.93. The average molecular weight is 1070 g/mol. The number of carbonyl (C=O) groups excluding carboxylic acids is 6. The molecular formula is C59H88N6O12. The molecule has 4 aliphatic rings. The second-order valence-electron chi connectivity index (χ2n) is 22.5. The number of esters is 1. The maximum absolute atomic E-state index is 14.5. The smallest absolute Gasteiger partial charge is 0.325 e. The summed E-state index contributed by atoms with van der Waals surface area (Å²) in [6, 6.07) is 1.01. The lowest BCUT2D eigenvalue weighted by atomic mass is 9.75. The Bertz CT molecular complexity index is 2430. The summed E-state index contributed by atoms with van der Waals surface area (Å²) < 4.78 is 12.9. The molecule has 4 aliphatic heterocycles. The molecule has 0 aliphatic carbocycles. The van der Waals surface area contributed by atoms with Crippen LogP contribution in [0.4, 0.5) is 0 Å². The Balaban J connectivity index is 1.35. The first-order valence-electron chi connectivity index (χ1n) is 27.9. The summed E-state index contributed by atoms with van der Waals surface area (Å²) >= 11 is 0. The second-order valence-corrected chi connectivity index (χ2v) is 22.5. The predicted molar refractivity (Wildman–Crippen MR) is 293 cm³/mol. The third-order valence-corrected chi connectivity index (χ3v) is 16.1. The van der Waals surface area contributed by atoms with Gasteiger partial charge in [0.05, 0.1) is 30.3 Å². The number of hydrogen-bond acceptors (Lipinski definition) is 13. The Hall–Kier alpha value is -5.53. The van der Waals surface area contributed by atoms with Gasteiger partial charge >= 0.3 is 5.97 Å². The normalized spacial score (nSPS) is 32.4. The number of hydrazine groups is 1. The highest BCUT2D eigenvalue weighted by Gasteiger charge is 2.51. The van der Waals surface area contributed by atoms with Crippen LogP contribution in [0, 0.1) is 41.4 Å². The molecule has 15 unspecified atom stereocenters. The lowest BCUT2D eigenvalue weighted by Crippen LogP contribution is -2.64. The van der Waals surface area contributed by atoms with E-state index in [1.807, 2.05) is 45.9 Å². The lowest BCUT2D eigenvalue weighted by molar-refractivity contribution is -0.179. The number of allylic oxidation sites excluding steroid dienone is 5. The number of amides is 4. The minimum atomic E-state index is -1.44. The summed E-state index contributed by atoms with van der Waals surface area (Å²) in [5, 5.41) is 44.3. The van der Waals surface area contributed by atoms with Gasteiger partial charge in [-0.3, -0.25) is 33.8 Å². The van der Waals surface area contributed by atoms with Crippen LogP contribution in [-0.2, 0) is 44.7 Å².